The van der Waals surface area contributed by atoms with Crippen molar-refractivity contribution in [2.45, 2.75) is 19.3 Å². The summed E-state index contributed by atoms with van der Waals surface area (Å²) in [6, 6.07) is 0. The maximum atomic E-state index is 10.9. The van der Waals surface area contributed by atoms with Crippen LogP contribution in [0, 0.1) is 0 Å². The molecule has 1 aliphatic rings. The van der Waals surface area contributed by atoms with Gasteiger partial charge >= 0.3 is 18.4 Å². The van der Waals surface area contributed by atoms with E-state index in [0.29, 0.717) is 6.42 Å². The fourth-order valence-electron chi connectivity index (χ4n) is 1.79. The second-order valence-electron chi connectivity index (χ2n) is 3.82. The standard InChI is InChI=1S/C9H18O2P.BO.FH/c1-11-9(10)5-8-12(2)6-3-4-7-12;1-2;/h3-8H2,1-2H3;;1H/q+1;;/i/hD. The molecule has 1 radical (unpaired) electrons. The van der Waals surface area contributed by atoms with Crippen LogP contribution in [0.15, 0.2) is 0 Å². The number of carbonyl (C=O) groups is 1. The Morgan fingerprint density at radius 1 is 1.47 bits per heavy atom. The van der Waals surface area contributed by atoms with Crippen molar-refractivity contribution in [2.24, 2.45) is 0 Å². The fourth-order valence-corrected chi connectivity index (χ4v) is 5.15. The molecule has 1 aliphatic heterocycles. The molecule has 0 saturated carbocycles. The van der Waals surface area contributed by atoms with Crippen LogP contribution in [0.4, 0.5) is 4.72 Å². The van der Waals surface area contributed by atoms with Gasteiger partial charge in [-0.15, -0.1) is 0 Å². The van der Waals surface area contributed by atoms with Crippen LogP contribution in [0.3, 0.4) is 0 Å². The van der Waals surface area contributed by atoms with Crippen molar-refractivity contribution in [1.82, 2.24) is 0 Å². The van der Waals surface area contributed by atoms with Crippen molar-refractivity contribution in [3.05, 3.63) is 0 Å². The van der Waals surface area contributed by atoms with Gasteiger partial charge in [-0.05, 0) is 12.8 Å². The van der Waals surface area contributed by atoms with Gasteiger partial charge in [-0.25, -0.2) is 0 Å². The molecule has 0 spiro atoms. The van der Waals surface area contributed by atoms with Crippen LogP contribution < -0.4 is 0 Å². The molecule has 15 heavy (non-hydrogen) atoms. The van der Waals surface area contributed by atoms with Gasteiger partial charge in [0.2, 0.25) is 0 Å². The molecule has 0 aromatic heterocycles. The van der Waals surface area contributed by atoms with Crippen LogP contribution in [-0.4, -0.2) is 47.4 Å². The van der Waals surface area contributed by atoms with Gasteiger partial charge in [-0.1, -0.05) is 0 Å². The Balaban J connectivity index is 0. The molecule has 0 aliphatic carbocycles. The summed E-state index contributed by atoms with van der Waals surface area (Å²) in [6.07, 6.45) is 7.30. The molecule has 0 aromatic carbocycles. The van der Waals surface area contributed by atoms with Crippen LogP contribution in [-0.2, 0) is 14.2 Å². The van der Waals surface area contributed by atoms with Crippen LogP contribution in [0.1, 0.15) is 19.3 Å². The molecule has 1 saturated heterocycles. The zero-order chi connectivity index (χ0) is 13.0. The summed E-state index contributed by atoms with van der Waals surface area (Å²) in [5.41, 5.74) is 0. The van der Waals surface area contributed by atoms with E-state index < -0.39 is 7.26 Å². The van der Waals surface area contributed by atoms with Crippen molar-refractivity contribution in [1.29, 1.82) is 1.45 Å². The SMILES string of the molecule is COC(=O)CC[P+]1(C)CCCC1.[2H]F.[B]=O. The second-order valence-corrected chi connectivity index (χ2v) is 8.40. The van der Waals surface area contributed by atoms with Crippen molar-refractivity contribution in [3.8, 4) is 0 Å². The van der Waals surface area contributed by atoms with Gasteiger partial charge in [0.25, 0.3) is 1.45 Å². The van der Waals surface area contributed by atoms with Crippen molar-refractivity contribution in [2.75, 3.05) is 32.3 Å². The average molecular weight is 237 g/mol. The maximum absolute atomic E-state index is 10.9. The normalized spacial score (nSPS) is 17.3. The Morgan fingerprint density at radius 3 is 2.33 bits per heavy atom. The monoisotopic (exact) mass is 237 g/mol. The van der Waals surface area contributed by atoms with E-state index in [1.807, 2.05) is 0 Å². The van der Waals surface area contributed by atoms with E-state index >= 15 is 0 Å². The first kappa shape index (κ1) is 14.7. The summed E-state index contributed by atoms with van der Waals surface area (Å²) >= 11 is 0. The van der Waals surface area contributed by atoms with E-state index in [2.05, 4.69) is 20.6 Å². The summed E-state index contributed by atoms with van der Waals surface area (Å²) < 4.78 is 25.4. The molecule has 0 N–H and O–H groups in total. The molecular formula is C9H19BFO3P+. The Bertz CT molecular complexity index is 192. The Hall–Kier alpha value is -0.305. The summed E-state index contributed by atoms with van der Waals surface area (Å²) in [6.45, 7) is 2.39. The van der Waals surface area contributed by atoms with Crippen molar-refractivity contribution < 1.29 is 19.0 Å². The molecule has 0 amide bonds. The number of ether oxygens (including phenoxy) is 1. The molecule has 0 aromatic rings. The molecule has 0 bridgehead atoms. The Kier molecular flexibility index (Phi) is 8.78. The van der Waals surface area contributed by atoms with E-state index in [4.69, 9.17) is 9.42 Å². The number of halogens is 1. The van der Waals surface area contributed by atoms with Gasteiger partial charge in [0.1, 0.15) is 0 Å². The topological polar surface area (TPSA) is 43.4 Å². The average Bonchev–Trinajstić information content (AvgIpc) is 2.79. The molecule has 87 valence electrons. The van der Waals surface area contributed by atoms with Gasteiger partial charge in [-0.3, -0.25) is 9.51 Å². The molecule has 3 nitrogen and oxygen atoms in total. The third-order valence-corrected chi connectivity index (χ3v) is 6.82. The number of hydrogen-bond donors (Lipinski definition) is 0. The van der Waals surface area contributed by atoms with E-state index in [9.17, 15) is 4.79 Å². The predicted molar refractivity (Wildman–Crippen MR) is 62.3 cm³/mol. The van der Waals surface area contributed by atoms with E-state index in [1.54, 1.807) is 0 Å². The first-order valence-corrected chi connectivity index (χ1v) is 7.59. The van der Waals surface area contributed by atoms with Crippen molar-refractivity contribution >= 4 is 20.9 Å². The predicted octanol–water partition coefficient (Wildman–Crippen LogP) is 1.64. The minimum absolute atomic E-state index is 0.0388. The van der Waals surface area contributed by atoms with E-state index in [0.717, 1.165) is 6.16 Å². The molecular weight excluding hydrogens is 217 g/mol. The summed E-state index contributed by atoms with van der Waals surface area (Å²) in [4.78, 5) is 10.9. The molecule has 1 heterocycles. The third-order valence-electron chi connectivity index (χ3n) is 2.73. The van der Waals surface area contributed by atoms with E-state index in [-0.39, 0.29) is 5.97 Å². The Morgan fingerprint density at radius 2 is 1.93 bits per heavy atom. The Labute approximate surface area is 93.6 Å². The van der Waals surface area contributed by atoms with Crippen LogP contribution in [0.25, 0.3) is 0 Å². The number of hydrogen-bond acceptors (Lipinski definition) is 3. The second kappa shape index (κ2) is 8.96. The van der Waals surface area contributed by atoms with Crippen LogP contribution >= 0.6 is 7.26 Å². The summed E-state index contributed by atoms with van der Waals surface area (Å²) in [5, 5.41) is 0. The molecule has 0 atom stereocenters. The molecule has 1 rings (SSSR count). The summed E-state index contributed by atoms with van der Waals surface area (Å²) in [5.74, 6) is -0.0388. The van der Waals surface area contributed by atoms with Gasteiger partial charge < -0.3 is 4.74 Å². The molecule has 0 unspecified atom stereocenters. The van der Waals surface area contributed by atoms with Crippen LogP contribution in [0.2, 0.25) is 0 Å². The van der Waals surface area contributed by atoms with Gasteiger partial charge in [-0.2, -0.15) is 0 Å². The first-order valence-electron chi connectivity index (χ1n) is 5.18. The number of esters is 1. The van der Waals surface area contributed by atoms with E-state index in [1.165, 1.54) is 32.3 Å². The van der Waals surface area contributed by atoms with Gasteiger partial charge in [0.15, 0.2) is 0 Å². The minimum atomic E-state index is -0.688. The third kappa shape index (κ3) is 6.72. The fraction of sp³-hybridized carbons (Fsp3) is 0.889. The number of methoxy groups -OCH3 is 1. The van der Waals surface area contributed by atoms with Gasteiger partial charge in [0, 0.05) is 13.9 Å². The zero-order valence-electron chi connectivity index (χ0n) is 10.4. The molecule has 1 fully saturated rings. The molecule has 6 heteroatoms. The zero-order valence-corrected chi connectivity index (χ0v) is 10.3. The van der Waals surface area contributed by atoms with Gasteiger partial charge in [0.05, 0.1) is 32.0 Å². The summed E-state index contributed by atoms with van der Waals surface area (Å²) in [7, 11) is 4.03. The quantitative estimate of drug-likeness (QED) is 0.425. The first-order chi connectivity index (χ1) is 7.66. The van der Waals surface area contributed by atoms with Crippen molar-refractivity contribution in [3.63, 3.8) is 0 Å². The van der Waals surface area contributed by atoms with Crippen LogP contribution in [0.5, 0.6) is 0 Å². The number of rotatable bonds is 3. The number of carbonyl (C=O) groups excluding carboxylic acids is 1.